The molecular formula is C19H19F3N4O2S. The quantitative estimate of drug-likeness (QED) is 0.592. The third kappa shape index (κ3) is 4.87. The Morgan fingerprint density at radius 1 is 1.41 bits per heavy atom. The van der Waals surface area contributed by atoms with Crippen LogP contribution >= 0.6 is 11.3 Å². The highest BCUT2D eigenvalue weighted by Crippen LogP contribution is 2.48. The molecule has 1 aliphatic carbocycles. The lowest BCUT2D eigenvalue weighted by Crippen LogP contribution is -2.26. The molecule has 1 fully saturated rings. The number of hydrogen-bond acceptors (Lipinski definition) is 5. The van der Waals surface area contributed by atoms with Gasteiger partial charge in [0.2, 0.25) is 5.91 Å². The molecule has 1 amide bonds. The molecule has 2 N–H and O–H groups in total. The van der Waals surface area contributed by atoms with Gasteiger partial charge in [-0.3, -0.25) is 4.79 Å². The summed E-state index contributed by atoms with van der Waals surface area (Å²) in [6.45, 7) is 0.383. The molecule has 0 radical (unpaired) electrons. The lowest BCUT2D eigenvalue weighted by atomic mass is 10.2. The summed E-state index contributed by atoms with van der Waals surface area (Å²) in [6, 6.07) is 7.45. The lowest BCUT2D eigenvalue weighted by molar-refractivity contribution is -0.153. The highest BCUT2D eigenvalue weighted by molar-refractivity contribution is 7.13. The van der Waals surface area contributed by atoms with E-state index >= 15 is 0 Å². The number of aromatic nitrogens is 3. The summed E-state index contributed by atoms with van der Waals surface area (Å²) >= 11 is 0.995. The monoisotopic (exact) mass is 424 g/mol. The minimum Gasteiger partial charge on any atom is -0.460 e. The molecule has 4 rings (SSSR count). The van der Waals surface area contributed by atoms with Gasteiger partial charge in [-0.1, -0.05) is 23.5 Å². The maximum Gasteiger partial charge on any atom is 0.422 e. The molecule has 0 unspecified atom stereocenters. The van der Waals surface area contributed by atoms with Gasteiger partial charge in [0.05, 0.1) is 22.0 Å². The van der Waals surface area contributed by atoms with E-state index in [9.17, 15) is 18.0 Å². The first-order valence-corrected chi connectivity index (χ1v) is 9.99. The second-order valence-electron chi connectivity index (χ2n) is 7.17. The van der Waals surface area contributed by atoms with Gasteiger partial charge in [-0.15, -0.1) is 0 Å². The van der Waals surface area contributed by atoms with Gasteiger partial charge in [0, 0.05) is 18.5 Å². The van der Waals surface area contributed by atoms with E-state index in [1.165, 1.54) is 6.20 Å². The first-order valence-electron chi connectivity index (χ1n) is 9.18. The van der Waals surface area contributed by atoms with E-state index in [0.29, 0.717) is 11.3 Å². The van der Waals surface area contributed by atoms with Gasteiger partial charge in [0.15, 0.2) is 6.61 Å². The third-order valence-corrected chi connectivity index (χ3v) is 5.89. The van der Waals surface area contributed by atoms with Crippen LogP contribution in [0.2, 0.25) is 0 Å². The van der Waals surface area contributed by atoms with E-state index in [1.807, 2.05) is 24.3 Å². The molecule has 0 spiro atoms. The number of carbonyl (C=O) groups is 1. The fourth-order valence-corrected chi connectivity index (χ4v) is 4.01. The van der Waals surface area contributed by atoms with Crippen LogP contribution in [0, 0.1) is 5.92 Å². The van der Waals surface area contributed by atoms with Crippen LogP contribution in [-0.2, 0) is 4.79 Å². The minimum atomic E-state index is -4.41. The van der Waals surface area contributed by atoms with Crippen molar-refractivity contribution in [3.8, 4) is 5.19 Å². The van der Waals surface area contributed by atoms with Crippen LogP contribution in [0.4, 0.5) is 13.2 Å². The topological polar surface area (TPSA) is 79.9 Å². The average Bonchev–Trinajstić information content (AvgIpc) is 3.08. The van der Waals surface area contributed by atoms with Crippen molar-refractivity contribution in [2.24, 2.45) is 5.92 Å². The highest BCUT2D eigenvalue weighted by Gasteiger charge is 2.42. The molecule has 1 saturated carbocycles. The molecule has 3 aromatic rings. The first kappa shape index (κ1) is 19.7. The maximum absolute atomic E-state index is 12.4. The number of benzene rings is 1. The number of alkyl halides is 3. The molecule has 0 bridgehead atoms. The summed E-state index contributed by atoms with van der Waals surface area (Å²) in [6.07, 6.45) is -1.71. The number of rotatable bonds is 7. The second-order valence-corrected chi connectivity index (χ2v) is 8.19. The minimum absolute atomic E-state index is 0.0643. The number of nitrogens with zero attached hydrogens (tertiary/aromatic N) is 2. The van der Waals surface area contributed by atoms with Crippen molar-refractivity contribution >= 4 is 28.3 Å². The molecule has 3 atom stereocenters. The van der Waals surface area contributed by atoms with Crippen molar-refractivity contribution in [1.82, 2.24) is 20.3 Å². The van der Waals surface area contributed by atoms with E-state index in [2.05, 4.69) is 25.0 Å². The van der Waals surface area contributed by atoms with Crippen LogP contribution < -0.4 is 10.1 Å². The molecule has 2 heterocycles. The molecule has 6 nitrogen and oxygen atoms in total. The summed E-state index contributed by atoms with van der Waals surface area (Å²) in [5.41, 5.74) is 1.90. The Balaban J connectivity index is 1.27. The fraction of sp³-hybridized carbons (Fsp3) is 0.421. The van der Waals surface area contributed by atoms with E-state index in [4.69, 9.17) is 0 Å². The Bertz CT molecular complexity index is 983. The van der Waals surface area contributed by atoms with E-state index in [-0.39, 0.29) is 29.0 Å². The number of H-pyrrole nitrogens is 1. The number of nitrogens with one attached hydrogen (secondary N) is 2. The molecular weight excluding hydrogens is 405 g/mol. The SMILES string of the molecule is C[C@H](NC(=O)C[C@@H]1C[C@@H]1c1nc2ccccc2[nH]1)c1cnc(OCC(F)(F)F)s1. The number of thiazole rings is 1. The third-order valence-electron chi connectivity index (χ3n) is 4.80. The predicted octanol–water partition coefficient (Wildman–Crippen LogP) is 4.33. The zero-order valence-corrected chi connectivity index (χ0v) is 16.3. The van der Waals surface area contributed by atoms with Gasteiger partial charge in [-0.2, -0.15) is 13.2 Å². The van der Waals surface area contributed by atoms with Gasteiger partial charge in [0.25, 0.3) is 5.19 Å². The zero-order valence-electron chi connectivity index (χ0n) is 15.5. The van der Waals surface area contributed by atoms with Crippen molar-refractivity contribution in [2.75, 3.05) is 6.61 Å². The Labute approximate surface area is 168 Å². The number of amides is 1. The van der Waals surface area contributed by atoms with Crippen LogP contribution in [0.1, 0.15) is 42.4 Å². The Hall–Kier alpha value is -2.62. The lowest BCUT2D eigenvalue weighted by Gasteiger charge is -2.11. The van der Waals surface area contributed by atoms with Gasteiger partial charge in [0.1, 0.15) is 5.82 Å². The Morgan fingerprint density at radius 3 is 2.97 bits per heavy atom. The molecule has 10 heteroatoms. The van der Waals surface area contributed by atoms with Gasteiger partial charge in [-0.25, -0.2) is 9.97 Å². The van der Waals surface area contributed by atoms with Crippen molar-refractivity contribution in [2.45, 2.75) is 37.9 Å². The number of para-hydroxylation sites is 2. The van der Waals surface area contributed by atoms with Gasteiger partial charge in [-0.05, 0) is 31.4 Å². The Kier molecular flexibility index (Phi) is 5.20. The van der Waals surface area contributed by atoms with Crippen LogP contribution in [0.5, 0.6) is 5.19 Å². The van der Waals surface area contributed by atoms with Crippen LogP contribution in [0.15, 0.2) is 30.5 Å². The van der Waals surface area contributed by atoms with Crippen LogP contribution in [0.3, 0.4) is 0 Å². The molecule has 154 valence electrons. The number of aromatic amines is 1. The largest absolute Gasteiger partial charge is 0.460 e. The van der Waals surface area contributed by atoms with Gasteiger partial charge < -0.3 is 15.0 Å². The predicted molar refractivity (Wildman–Crippen MR) is 102 cm³/mol. The summed E-state index contributed by atoms with van der Waals surface area (Å²) < 4.78 is 41.3. The zero-order chi connectivity index (χ0) is 20.6. The van der Waals surface area contributed by atoms with E-state index in [0.717, 1.165) is 34.6 Å². The molecule has 29 heavy (non-hydrogen) atoms. The number of fused-ring (bicyclic) bond motifs is 1. The standard InChI is InChI=1S/C19H19F3N4O2S/c1-10(15-8-23-18(29-15)28-9-19(20,21)22)24-16(27)7-11-6-12(11)17-25-13-4-2-3-5-14(13)26-17/h2-5,8,10-12H,6-7,9H2,1H3,(H,24,27)(H,25,26)/t10-,11-,12-/m0/s1. The normalized spacial score (nSPS) is 19.9. The maximum atomic E-state index is 12.4. The molecule has 2 aromatic heterocycles. The molecule has 0 aliphatic heterocycles. The van der Waals surface area contributed by atoms with Crippen LogP contribution in [-0.4, -0.2) is 33.6 Å². The number of carbonyl (C=O) groups excluding carboxylic acids is 1. The number of imidazole rings is 1. The summed E-state index contributed by atoms with van der Waals surface area (Å²) in [7, 11) is 0. The van der Waals surface area contributed by atoms with Crippen LogP contribution in [0.25, 0.3) is 11.0 Å². The summed E-state index contributed by atoms with van der Waals surface area (Å²) in [5.74, 6) is 1.28. The van der Waals surface area contributed by atoms with E-state index in [1.54, 1.807) is 6.92 Å². The van der Waals surface area contributed by atoms with Crippen molar-refractivity contribution in [3.05, 3.63) is 41.2 Å². The number of ether oxygens (including phenoxy) is 1. The highest BCUT2D eigenvalue weighted by atomic mass is 32.1. The fourth-order valence-electron chi connectivity index (χ4n) is 3.25. The molecule has 1 aromatic carbocycles. The Morgan fingerprint density at radius 2 is 2.21 bits per heavy atom. The smallest absolute Gasteiger partial charge is 0.422 e. The van der Waals surface area contributed by atoms with Gasteiger partial charge >= 0.3 is 6.18 Å². The first-order chi connectivity index (χ1) is 13.8. The van der Waals surface area contributed by atoms with E-state index < -0.39 is 12.8 Å². The van der Waals surface area contributed by atoms with Crippen molar-refractivity contribution in [3.63, 3.8) is 0 Å². The van der Waals surface area contributed by atoms with Crippen molar-refractivity contribution < 1.29 is 22.7 Å². The number of halogens is 3. The molecule has 0 saturated heterocycles. The molecule has 1 aliphatic rings. The average molecular weight is 424 g/mol. The second kappa shape index (κ2) is 7.66. The van der Waals surface area contributed by atoms with Crippen molar-refractivity contribution in [1.29, 1.82) is 0 Å². The number of hydrogen-bond donors (Lipinski definition) is 2. The summed E-state index contributed by atoms with van der Waals surface area (Å²) in [4.78, 5) is 24.7. The summed E-state index contributed by atoms with van der Waals surface area (Å²) in [5, 5.41) is 2.81.